The normalized spacial score (nSPS) is 9.78. The highest BCUT2D eigenvalue weighted by Gasteiger charge is 2.09. The van der Waals surface area contributed by atoms with Gasteiger partial charge >= 0.3 is 5.97 Å². The summed E-state index contributed by atoms with van der Waals surface area (Å²) in [6.45, 7) is 0. The van der Waals surface area contributed by atoms with Gasteiger partial charge in [0.25, 0.3) is 0 Å². The molecule has 4 N–H and O–H groups in total. The largest absolute Gasteiger partial charge is 0.507 e. The molecule has 0 amide bonds. The van der Waals surface area contributed by atoms with Crippen LogP contribution in [0.5, 0.6) is 5.75 Å². The minimum atomic E-state index is -1.17. The number of hydrogen-bond donors (Lipinski definition) is 4. The van der Waals surface area contributed by atoms with Gasteiger partial charge in [0.1, 0.15) is 11.3 Å². The Morgan fingerprint density at radius 3 is 2.28 bits per heavy atom. The molecule has 0 atom stereocenters. The van der Waals surface area contributed by atoms with Crippen molar-refractivity contribution in [1.29, 1.82) is 0 Å². The topological polar surface area (TPSA) is 81.6 Å². The second kappa shape index (κ2) is 5.09. The fraction of sp³-hybridized carbons (Fsp3) is 0. The second-order valence-corrected chi connectivity index (χ2v) is 3.65. The Morgan fingerprint density at radius 1 is 0.944 bits per heavy atom. The van der Waals surface area contributed by atoms with Gasteiger partial charge in [-0.05, 0) is 30.3 Å². The predicted octanol–water partition coefficient (Wildman–Crippen LogP) is 2.53. The first kappa shape index (κ1) is 11.8. The maximum Gasteiger partial charge on any atom is 0.339 e. The molecule has 2 aromatic rings. The minimum Gasteiger partial charge on any atom is -0.507 e. The van der Waals surface area contributed by atoms with Crippen LogP contribution in [0.1, 0.15) is 10.4 Å². The van der Waals surface area contributed by atoms with Gasteiger partial charge in [-0.3, -0.25) is 0 Å². The van der Waals surface area contributed by atoms with Crippen LogP contribution in [0.25, 0.3) is 0 Å². The van der Waals surface area contributed by atoms with E-state index in [4.69, 9.17) is 5.11 Å². The van der Waals surface area contributed by atoms with Crippen LogP contribution in [0.4, 0.5) is 11.4 Å². The lowest BCUT2D eigenvalue weighted by atomic mass is 10.2. The monoisotopic (exact) mass is 244 g/mol. The number of anilines is 2. The van der Waals surface area contributed by atoms with Crippen molar-refractivity contribution in [3.05, 3.63) is 54.1 Å². The summed E-state index contributed by atoms with van der Waals surface area (Å²) in [5.41, 5.74) is 7.04. The van der Waals surface area contributed by atoms with Crippen molar-refractivity contribution >= 4 is 17.3 Å². The number of carboxylic acids is 1. The molecule has 0 aromatic heterocycles. The van der Waals surface area contributed by atoms with E-state index in [1.165, 1.54) is 12.1 Å². The van der Waals surface area contributed by atoms with E-state index in [9.17, 15) is 9.90 Å². The van der Waals surface area contributed by atoms with Crippen molar-refractivity contribution < 1.29 is 15.0 Å². The molecule has 0 radical (unpaired) electrons. The van der Waals surface area contributed by atoms with Crippen LogP contribution in [-0.4, -0.2) is 16.2 Å². The fourth-order valence-corrected chi connectivity index (χ4v) is 1.45. The average molecular weight is 244 g/mol. The number of hydrazine groups is 1. The third-order valence-corrected chi connectivity index (χ3v) is 2.35. The zero-order chi connectivity index (χ0) is 13.0. The molecule has 0 aliphatic heterocycles. The van der Waals surface area contributed by atoms with E-state index in [-0.39, 0.29) is 11.3 Å². The molecule has 0 aliphatic rings. The van der Waals surface area contributed by atoms with Crippen LogP contribution in [0.3, 0.4) is 0 Å². The molecule has 0 unspecified atom stereocenters. The Labute approximate surface area is 104 Å². The summed E-state index contributed by atoms with van der Waals surface area (Å²) in [5, 5.41) is 18.2. The first-order chi connectivity index (χ1) is 8.66. The lowest BCUT2D eigenvalue weighted by molar-refractivity contribution is 0.0694. The van der Waals surface area contributed by atoms with Gasteiger partial charge in [-0.2, -0.15) is 0 Å². The van der Waals surface area contributed by atoms with Gasteiger partial charge in [0.15, 0.2) is 0 Å². The van der Waals surface area contributed by atoms with Gasteiger partial charge in [-0.25, -0.2) is 4.79 Å². The number of nitrogens with one attached hydrogen (secondary N) is 2. The number of hydrogen-bond acceptors (Lipinski definition) is 4. The number of carbonyl (C=O) groups is 1. The molecule has 0 spiro atoms. The van der Waals surface area contributed by atoms with Gasteiger partial charge in [-0.1, -0.05) is 18.2 Å². The molecule has 2 aromatic carbocycles. The summed E-state index contributed by atoms with van der Waals surface area (Å²) in [5.74, 6) is -1.43. The highest BCUT2D eigenvalue weighted by molar-refractivity contribution is 5.92. The SMILES string of the molecule is O=C(O)c1cc(NNc2ccccc2)ccc1O. The van der Waals surface area contributed by atoms with Gasteiger partial charge in [0.2, 0.25) is 0 Å². The summed E-state index contributed by atoms with van der Waals surface area (Å²) < 4.78 is 0. The van der Waals surface area contributed by atoms with Crippen LogP contribution >= 0.6 is 0 Å². The number of aromatic carboxylic acids is 1. The van der Waals surface area contributed by atoms with E-state index in [2.05, 4.69) is 10.9 Å². The summed E-state index contributed by atoms with van der Waals surface area (Å²) in [7, 11) is 0. The summed E-state index contributed by atoms with van der Waals surface area (Å²) in [6, 6.07) is 13.7. The van der Waals surface area contributed by atoms with Crippen molar-refractivity contribution in [3.63, 3.8) is 0 Å². The Morgan fingerprint density at radius 2 is 1.61 bits per heavy atom. The minimum absolute atomic E-state index is 0.144. The molecule has 2 rings (SSSR count). The van der Waals surface area contributed by atoms with Crippen LogP contribution < -0.4 is 10.9 Å². The Hall–Kier alpha value is -2.69. The van der Waals surface area contributed by atoms with E-state index in [1.807, 2.05) is 30.3 Å². The Balaban J connectivity index is 2.11. The first-order valence-electron chi connectivity index (χ1n) is 5.30. The fourth-order valence-electron chi connectivity index (χ4n) is 1.45. The van der Waals surface area contributed by atoms with E-state index in [0.29, 0.717) is 5.69 Å². The van der Waals surface area contributed by atoms with Crippen molar-refractivity contribution in [3.8, 4) is 5.75 Å². The highest BCUT2D eigenvalue weighted by atomic mass is 16.4. The molecule has 0 fully saturated rings. The molecular formula is C13H12N2O3. The lowest BCUT2D eigenvalue weighted by Gasteiger charge is -2.10. The number of aromatic hydroxyl groups is 1. The zero-order valence-corrected chi connectivity index (χ0v) is 9.42. The molecule has 5 heteroatoms. The number of carboxylic acid groups (broad SMARTS) is 1. The molecule has 0 saturated heterocycles. The van der Waals surface area contributed by atoms with Gasteiger partial charge in [0, 0.05) is 0 Å². The average Bonchev–Trinajstić information content (AvgIpc) is 2.38. The van der Waals surface area contributed by atoms with E-state index in [1.54, 1.807) is 6.07 Å². The molecule has 0 saturated carbocycles. The summed E-state index contributed by atoms with van der Waals surface area (Å²) in [4.78, 5) is 10.8. The van der Waals surface area contributed by atoms with Crippen molar-refractivity contribution in [2.75, 3.05) is 10.9 Å². The van der Waals surface area contributed by atoms with E-state index in [0.717, 1.165) is 5.69 Å². The number of rotatable bonds is 4. The quantitative estimate of drug-likeness (QED) is 0.491. The van der Waals surface area contributed by atoms with Gasteiger partial charge in [-0.15, -0.1) is 0 Å². The number of benzene rings is 2. The third-order valence-electron chi connectivity index (χ3n) is 2.35. The molecular weight excluding hydrogens is 232 g/mol. The second-order valence-electron chi connectivity index (χ2n) is 3.65. The van der Waals surface area contributed by atoms with Crippen LogP contribution in [0, 0.1) is 0 Å². The maximum absolute atomic E-state index is 10.8. The molecule has 92 valence electrons. The summed E-state index contributed by atoms with van der Waals surface area (Å²) in [6.07, 6.45) is 0. The Bertz CT molecular complexity index is 555. The van der Waals surface area contributed by atoms with Gasteiger partial charge in [0.05, 0.1) is 11.4 Å². The molecule has 0 aliphatic carbocycles. The van der Waals surface area contributed by atoms with Gasteiger partial charge < -0.3 is 21.1 Å². The van der Waals surface area contributed by atoms with Crippen LogP contribution in [0.15, 0.2) is 48.5 Å². The number of phenols is 1. The zero-order valence-electron chi connectivity index (χ0n) is 9.42. The predicted molar refractivity (Wildman–Crippen MR) is 68.8 cm³/mol. The summed E-state index contributed by atoms with van der Waals surface area (Å²) >= 11 is 0. The highest BCUT2D eigenvalue weighted by Crippen LogP contribution is 2.21. The van der Waals surface area contributed by atoms with Crippen LogP contribution in [-0.2, 0) is 0 Å². The Kier molecular flexibility index (Phi) is 3.33. The smallest absolute Gasteiger partial charge is 0.339 e. The van der Waals surface area contributed by atoms with Crippen molar-refractivity contribution in [2.45, 2.75) is 0 Å². The van der Waals surface area contributed by atoms with Crippen molar-refractivity contribution in [2.24, 2.45) is 0 Å². The molecule has 0 bridgehead atoms. The van der Waals surface area contributed by atoms with Crippen LogP contribution in [0.2, 0.25) is 0 Å². The standard InChI is InChI=1S/C13H12N2O3/c16-12-7-6-10(8-11(12)13(17)18)15-14-9-4-2-1-3-5-9/h1-8,14-16H,(H,17,18). The lowest BCUT2D eigenvalue weighted by Crippen LogP contribution is -2.09. The molecule has 18 heavy (non-hydrogen) atoms. The molecule has 0 heterocycles. The number of para-hydroxylation sites is 1. The van der Waals surface area contributed by atoms with Crippen molar-refractivity contribution in [1.82, 2.24) is 0 Å². The van der Waals surface area contributed by atoms with E-state index < -0.39 is 5.97 Å². The maximum atomic E-state index is 10.8. The first-order valence-corrected chi connectivity index (χ1v) is 5.30. The van der Waals surface area contributed by atoms with E-state index >= 15 is 0 Å². The molecule has 5 nitrogen and oxygen atoms in total. The third kappa shape index (κ3) is 2.70.